The maximum Gasteiger partial charge on any atom is 0.375 e. The van der Waals surface area contributed by atoms with Crippen LogP contribution in [-0.4, -0.2) is 26.8 Å². The van der Waals surface area contributed by atoms with E-state index in [1.165, 1.54) is 24.3 Å². The number of amidine groups is 1. The Hall–Kier alpha value is -2.13. The fourth-order valence-corrected chi connectivity index (χ4v) is 1.61. The number of ether oxygens (including phenoxy) is 1. The van der Waals surface area contributed by atoms with Crippen LogP contribution in [0.5, 0.6) is 0 Å². The molecule has 1 rings (SSSR count). The highest BCUT2D eigenvalue weighted by Gasteiger charge is 2.08. The van der Waals surface area contributed by atoms with Crippen LogP contribution in [0.3, 0.4) is 0 Å². The van der Waals surface area contributed by atoms with Crippen molar-refractivity contribution in [3.63, 3.8) is 0 Å². The Morgan fingerprint density at radius 2 is 1.95 bits per heavy atom. The Kier molecular flexibility index (Phi) is 4.84. The number of carbonyl (C=O) groups excluding carboxylic acids is 1. The first-order valence-electron chi connectivity index (χ1n) is 5.23. The molecule has 0 aliphatic rings. The van der Waals surface area contributed by atoms with Crippen LogP contribution in [0.2, 0.25) is 0 Å². The molecule has 9 heteroatoms. The molecule has 0 aliphatic carbocycles. The van der Waals surface area contributed by atoms with Crippen molar-refractivity contribution < 1.29 is 17.9 Å². The minimum absolute atomic E-state index is 0.0274. The molecule has 0 unspecified atom stereocenters. The normalized spacial score (nSPS) is 12.0. The summed E-state index contributed by atoms with van der Waals surface area (Å²) >= 11 is 0. The van der Waals surface area contributed by atoms with Gasteiger partial charge in [0.25, 0.3) is 0 Å². The summed E-state index contributed by atoms with van der Waals surface area (Å²) in [5.41, 5.74) is 8.28. The fourth-order valence-electron chi connectivity index (χ4n) is 1.09. The lowest BCUT2D eigenvalue weighted by atomic mass is 10.3. The van der Waals surface area contributed by atoms with E-state index in [1.54, 1.807) is 6.92 Å². The van der Waals surface area contributed by atoms with Crippen molar-refractivity contribution in [2.75, 3.05) is 12.0 Å². The van der Waals surface area contributed by atoms with E-state index >= 15 is 0 Å². The zero-order valence-electron chi connectivity index (χ0n) is 10.2. The van der Waals surface area contributed by atoms with Gasteiger partial charge in [-0.3, -0.25) is 5.43 Å². The first-order valence-corrected chi connectivity index (χ1v) is 6.78. The third kappa shape index (κ3) is 4.56. The fraction of sp³-hybridized carbons (Fsp3) is 0.200. The molecule has 0 radical (unpaired) electrons. The molecule has 5 N–H and O–H groups in total. The third-order valence-electron chi connectivity index (χ3n) is 1.97. The topological polar surface area (TPSA) is 137 Å². The predicted octanol–water partition coefficient (Wildman–Crippen LogP) is -0.419. The molecular weight excluding hydrogens is 272 g/mol. The van der Waals surface area contributed by atoms with Crippen LogP contribution >= 0.6 is 0 Å². The van der Waals surface area contributed by atoms with Gasteiger partial charge in [0, 0.05) is 0 Å². The molecule has 104 valence electrons. The number of nitrogens with two attached hydrogens (primary N) is 2. The van der Waals surface area contributed by atoms with E-state index in [4.69, 9.17) is 10.9 Å². The van der Waals surface area contributed by atoms with Crippen molar-refractivity contribution in [3.8, 4) is 0 Å². The van der Waals surface area contributed by atoms with E-state index in [2.05, 4.69) is 15.3 Å². The Labute approximate surface area is 110 Å². The van der Waals surface area contributed by atoms with Crippen molar-refractivity contribution in [2.45, 2.75) is 11.8 Å². The summed E-state index contributed by atoms with van der Waals surface area (Å²) in [5.74, 6) is -1.08. The minimum Gasteiger partial charge on any atom is -0.460 e. The van der Waals surface area contributed by atoms with E-state index < -0.39 is 16.0 Å². The predicted molar refractivity (Wildman–Crippen MR) is 69.7 cm³/mol. The molecule has 1 aromatic rings. The molecule has 19 heavy (non-hydrogen) atoms. The molecule has 8 nitrogen and oxygen atoms in total. The largest absolute Gasteiger partial charge is 0.460 e. The number of anilines is 1. The van der Waals surface area contributed by atoms with Crippen molar-refractivity contribution in [1.82, 2.24) is 0 Å². The zero-order valence-corrected chi connectivity index (χ0v) is 11.0. The lowest BCUT2D eigenvalue weighted by Gasteiger charge is -2.04. The number of rotatable bonds is 4. The summed E-state index contributed by atoms with van der Waals surface area (Å²) < 4.78 is 26.7. The Balaban J connectivity index is 2.74. The zero-order chi connectivity index (χ0) is 14.5. The highest BCUT2D eigenvalue weighted by molar-refractivity contribution is 7.89. The molecule has 0 heterocycles. The number of sulfonamides is 1. The maximum atomic E-state index is 11.1. The molecule has 0 aliphatic heterocycles. The van der Waals surface area contributed by atoms with Gasteiger partial charge in [0.15, 0.2) is 0 Å². The Morgan fingerprint density at radius 3 is 2.42 bits per heavy atom. The van der Waals surface area contributed by atoms with Gasteiger partial charge in [-0.15, -0.1) is 5.10 Å². The molecule has 0 saturated heterocycles. The number of carbonyl (C=O) groups is 1. The number of hydrogen-bond donors (Lipinski definition) is 3. The van der Waals surface area contributed by atoms with Gasteiger partial charge >= 0.3 is 5.97 Å². The molecule has 0 aromatic heterocycles. The minimum atomic E-state index is -3.73. The highest BCUT2D eigenvalue weighted by atomic mass is 32.2. The Bertz CT molecular complexity index is 580. The third-order valence-corrected chi connectivity index (χ3v) is 2.90. The quantitative estimate of drug-likeness (QED) is 0.297. The SMILES string of the molecule is CCOC(=O)/C(N)=N\Nc1ccc(S(N)(=O)=O)cc1. The standard InChI is InChI=1S/C10H14N4O4S/c1-2-18-10(15)9(11)14-13-7-3-5-8(6-4-7)19(12,16)17/h3-6,13H,2H2,1H3,(H2,11,14)(H2,12,16,17). The summed E-state index contributed by atoms with van der Waals surface area (Å²) in [7, 11) is -3.73. The van der Waals surface area contributed by atoms with Crippen molar-refractivity contribution in [2.24, 2.45) is 16.0 Å². The van der Waals surface area contributed by atoms with Gasteiger partial charge in [0.1, 0.15) is 0 Å². The van der Waals surface area contributed by atoms with Gasteiger partial charge in [-0.2, -0.15) is 0 Å². The van der Waals surface area contributed by atoms with Crippen LogP contribution in [0.25, 0.3) is 0 Å². The molecular formula is C10H14N4O4S. The average molecular weight is 286 g/mol. The highest BCUT2D eigenvalue weighted by Crippen LogP contribution is 2.12. The van der Waals surface area contributed by atoms with Crippen LogP contribution in [0.4, 0.5) is 5.69 Å². The van der Waals surface area contributed by atoms with Crippen LogP contribution in [-0.2, 0) is 19.6 Å². The van der Waals surface area contributed by atoms with Gasteiger partial charge in [0.2, 0.25) is 15.9 Å². The van der Waals surface area contributed by atoms with Crippen LogP contribution < -0.4 is 16.3 Å². The number of hydrogen-bond acceptors (Lipinski definition) is 6. The molecule has 0 bridgehead atoms. The van der Waals surface area contributed by atoms with Crippen LogP contribution in [0, 0.1) is 0 Å². The number of hydrazone groups is 1. The summed E-state index contributed by atoms with van der Waals surface area (Å²) in [4.78, 5) is 11.1. The number of primary sulfonamides is 1. The molecule has 0 saturated carbocycles. The molecule has 1 aromatic carbocycles. The van der Waals surface area contributed by atoms with E-state index in [0.29, 0.717) is 5.69 Å². The first kappa shape index (κ1) is 14.9. The summed E-state index contributed by atoms with van der Waals surface area (Å²) in [6.45, 7) is 1.84. The van der Waals surface area contributed by atoms with Crippen molar-refractivity contribution in [1.29, 1.82) is 0 Å². The molecule has 0 amide bonds. The summed E-state index contributed by atoms with van der Waals surface area (Å²) in [5, 5.41) is 8.54. The van der Waals surface area contributed by atoms with E-state index in [0.717, 1.165) is 0 Å². The number of esters is 1. The van der Waals surface area contributed by atoms with Crippen LogP contribution in [0.1, 0.15) is 6.92 Å². The van der Waals surface area contributed by atoms with Gasteiger partial charge in [-0.1, -0.05) is 0 Å². The van der Waals surface area contributed by atoms with Crippen molar-refractivity contribution >= 4 is 27.5 Å². The van der Waals surface area contributed by atoms with Gasteiger partial charge in [0.05, 0.1) is 17.2 Å². The lowest BCUT2D eigenvalue weighted by molar-refractivity contribution is -0.135. The average Bonchev–Trinajstić information content (AvgIpc) is 2.35. The van der Waals surface area contributed by atoms with E-state index in [1.807, 2.05) is 0 Å². The monoisotopic (exact) mass is 286 g/mol. The van der Waals surface area contributed by atoms with Gasteiger partial charge in [-0.05, 0) is 31.2 Å². The molecule has 0 spiro atoms. The second-order valence-electron chi connectivity index (χ2n) is 3.40. The van der Waals surface area contributed by atoms with Crippen LogP contribution in [0.15, 0.2) is 34.3 Å². The summed E-state index contributed by atoms with van der Waals surface area (Å²) in [6.07, 6.45) is 0. The molecule has 0 fully saturated rings. The smallest absolute Gasteiger partial charge is 0.375 e. The van der Waals surface area contributed by atoms with Crippen molar-refractivity contribution in [3.05, 3.63) is 24.3 Å². The van der Waals surface area contributed by atoms with E-state index in [-0.39, 0.29) is 17.3 Å². The summed E-state index contributed by atoms with van der Waals surface area (Å²) in [6, 6.07) is 5.46. The lowest BCUT2D eigenvalue weighted by Crippen LogP contribution is -2.27. The number of benzene rings is 1. The number of nitrogens with zero attached hydrogens (tertiary/aromatic N) is 1. The maximum absolute atomic E-state index is 11.1. The first-order chi connectivity index (χ1) is 8.84. The van der Waals surface area contributed by atoms with E-state index in [9.17, 15) is 13.2 Å². The number of nitrogens with one attached hydrogen (secondary N) is 1. The second-order valence-corrected chi connectivity index (χ2v) is 4.96. The molecule has 0 atom stereocenters. The second kappa shape index (κ2) is 6.16. The van der Waals surface area contributed by atoms with Gasteiger partial charge in [-0.25, -0.2) is 18.4 Å². The Morgan fingerprint density at radius 1 is 1.37 bits per heavy atom. The van der Waals surface area contributed by atoms with Gasteiger partial charge < -0.3 is 10.5 Å².